The lowest BCUT2D eigenvalue weighted by Crippen LogP contribution is -2.64. The Bertz CT molecular complexity index is 394. The zero-order valence-electron chi connectivity index (χ0n) is 17.6. The SMILES string of the molecule is CCCCCCCCNCC1O[C@@H](C)C(NC(=O)CCCCC)[C@@H](O)[C@@H]1O. The van der Waals surface area contributed by atoms with Gasteiger partial charge in [-0.3, -0.25) is 4.79 Å². The number of carbonyl (C=O) groups is 1. The molecule has 6 nitrogen and oxygen atoms in total. The number of aliphatic hydroxyl groups is 2. The summed E-state index contributed by atoms with van der Waals surface area (Å²) in [6, 6.07) is -0.566. The van der Waals surface area contributed by atoms with Crippen LogP contribution in [0.1, 0.15) is 85.0 Å². The molecule has 0 aliphatic carbocycles. The van der Waals surface area contributed by atoms with E-state index in [1.54, 1.807) is 0 Å². The van der Waals surface area contributed by atoms with Crippen molar-refractivity contribution in [2.45, 2.75) is 115 Å². The molecule has 27 heavy (non-hydrogen) atoms. The van der Waals surface area contributed by atoms with Crippen LogP contribution >= 0.6 is 0 Å². The molecule has 2 unspecified atom stereocenters. The molecule has 5 atom stereocenters. The predicted octanol–water partition coefficient (Wildman–Crippen LogP) is 2.51. The summed E-state index contributed by atoms with van der Waals surface area (Å²) in [6.45, 7) is 7.55. The topological polar surface area (TPSA) is 90.8 Å². The third-order valence-corrected chi connectivity index (χ3v) is 5.38. The zero-order chi connectivity index (χ0) is 20.1. The molecule has 1 aliphatic heterocycles. The Balaban J connectivity index is 2.28. The van der Waals surface area contributed by atoms with E-state index in [1.807, 2.05) is 6.92 Å². The molecular weight excluding hydrogens is 344 g/mol. The molecule has 6 heteroatoms. The average Bonchev–Trinajstić information content (AvgIpc) is 2.65. The number of aliphatic hydroxyl groups excluding tert-OH is 2. The molecule has 1 aliphatic rings. The summed E-state index contributed by atoms with van der Waals surface area (Å²) in [5, 5.41) is 27.0. The van der Waals surface area contributed by atoms with Gasteiger partial charge in [0, 0.05) is 13.0 Å². The Morgan fingerprint density at radius 1 is 0.926 bits per heavy atom. The molecule has 0 aromatic carbocycles. The lowest BCUT2D eigenvalue weighted by atomic mass is 9.93. The Labute approximate surface area is 165 Å². The van der Waals surface area contributed by atoms with Gasteiger partial charge in [-0.1, -0.05) is 58.8 Å². The molecule has 160 valence electrons. The first-order valence-corrected chi connectivity index (χ1v) is 11.0. The van der Waals surface area contributed by atoms with E-state index in [2.05, 4.69) is 24.5 Å². The van der Waals surface area contributed by atoms with Crippen LogP contribution in [0.15, 0.2) is 0 Å². The largest absolute Gasteiger partial charge is 0.388 e. The van der Waals surface area contributed by atoms with Crippen LogP contribution in [0.25, 0.3) is 0 Å². The minimum atomic E-state index is -1.01. The van der Waals surface area contributed by atoms with E-state index in [4.69, 9.17) is 4.74 Å². The normalized spacial score (nSPS) is 28.3. The first-order valence-electron chi connectivity index (χ1n) is 11.0. The fraction of sp³-hybridized carbons (Fsp3) is 0.952. The van der Waals surface area contributed by atoms with Crippen molar-refractivity contribution in [3.05, 3.63) is 0 Å². The van der Waals surface area contributed by atoms with Gasteiger partial charge in [-0.25, -0.2) is 0 Å². The Hall–Kier alpha value is -0.690. The Kier molecular flexibility index (Phi) is 12.9. The van der Waals surface area contributed by atoms with E-state index in [0.29, 0.717) is 13.0 Å². The number of rotatable bonds is 14. The summed E-state index contributed by atoms with van der Waals surface area (Å²) in [7, 11) is 0. The maximum absolute atomic E-state index is 12.0. The molecule has 0 bridgehead atoms. The fourth-order valence-corrected chi connectivity index (χ4v) is 3.59. The maximum atomic E-state index is 12.0. The third kappa shape index (κ3) is 9.37. The van der Waals surface area contributed by atoms with E-state index in [1.165, 1.54) is 32.1 Å². The Morgan fingerprint density at radius 2 is 1.56 bits per heavy atom. The second-order valence-electron chi connectivity index (χ2n) is 7.88. The summed E-state index contributed by atoms with van der Waals surface area (Å²) < 4.78 is 5.88. The fourth-order valence-electron chi connectivity index (χ4n) is 3.59. The molecule has 1 amide bonds. The second-order valence-corrected chi connectivity index (χ2v) is 7.88. The highest BCUT2D eigenvalue weighted by Crippen LogP contribution is 2.21. The number of carbonyl (C=O) groups excluding carboxylic acids is 1. The van der Waals surface area contributed by atoms with Crippen LogP contribution in [0.3, 0.4) is 0 Å². The molecule has 0 aromatic heterocycles. The second kappa shape index (κ2) is 14.3. The van der Waals surface area contributed by atoms with Gasteiger partial charge >= 0.3 is 0 Å². The van der Waals surface area contributed by atoms with E-state index in [-0.39, 0.29) is 12.0 Å². The highest BCUT2D eigenvalue weighted by Gasteiger charge is 2.42. The van der Waals surface area contributed by atoms with Crippen molar-refractivity contribution >= 4 is 5.91 Å². The molecule has 0 radical (unpaired) electrons. The monoisotopic (exact) mass is 386 g/mol. The van der Waals surface area contributed by atoms with Crippen molar-refractivity contribution in [1.82, 2.24) is 10.6 Å². The van der Waals surface area contributed by atoms with E-state index >= 15 is 0 Å². The van der Waals surface area contributed by atoms with Gasteiger partial charge < -0.3 is 25.6 Å². The van der Waals surface area contributed by atoms with Crippen molar-refractivity contribution in [2.24, 2.45) is 0 Å². The van der Waals surface area contributed by atoms with Gasteiger partial charge in [-0.2, -0.15) is 0 Å². The summed E-state index contributed by atoms with van der Waals surface area (Å²) in [4.78, 5) is 12.0. The number of unbranched alkanes of at least 4 members (excludes halogenated alkanes) is 7. The highest BCUT2D eigenvalue weighted by atomic mass is 16.5. The number of hydrogen-bond acceptors (Lipinski definition) is 5. The molecule has 0 aromatic rings. The van der Waals surface area contributed by atoms with Gasteiger partial charge in [0.25, 0.3) is 0 Å². The lowest BCUT2D eigenvalue weighted by Gasteiger charge is -2.42. The van der Waals surface area contributed by atoms with Crippen molar-refractivity contribution in [3.63, 3.8) is 0 Å². The van der Waals surface area contributed by atoms with Gasteiger partial charge in [0.2, 0.25) is 5.91 Å². The number of hydrogen-bond donors (Lipinski definition) is 4. The Morgan fingerprint density at radius 3 is 2.26 bits per heavy atom. The predicted molar refractivity (Wildman–Crippen MR) is 109 cm³/mol. The van der Waals surface area contributed by atoms with Gasteiger partial charge in [-0.15, -0.1) is 0 Å². The van der Waals surface area contributed by atoms with Crippen LogP contribution in [0.4, 0.5) is 0 Å². The van der Waals surface area contributed by atoms with Crippen molar-refractivity contribution < 1.29 is 19.7 Å². The molecule has 1 saturated heterocycles. The number of ether oxygens (including phenoxy) is 1. The van der Waals surface area contributed by atoms with Crippen LogP contribution in [0.2, 0.25) is 0 Å². The molecule has 0 spiro atoms. The summed E-state index contributed by atoms with van der Waals surface area (Å²) >= 11 is 0. The van der Waals surface area contributed by atoms with Crippen LogP contribution in [0.5, 0.6) is 0 Å². The lowest BCUT2D eigenvalue weighted by molar-refractivity contribution is -0.179. The van der Waals surface area contributed by atoms with Gasteiger partial charge in [0.05, 0.1) is 18.2 Å². The molecule has 1 fully saturated rings. The van der Waals surface area contributed by atoms with Crippen LogP contribution in [0, 0.1) is 0 Å². The average molecular weight is 387 g/mol. The van der Waals surface area contributed by atoms with Gasteiger partial charge in [0.1, 0.15) is 12.2 Å². The minimum absolute atomic E-state index is 0.0881. The van der Waals surface area contributed by atoms with E-state index < -0.39 is 24.4 Å². The smallest absolute Gasteiger partial charge is 0.220 e. The van der Waals surface area contributed by atoms with Crippen molar-refractivity contribution in [1.29, 1.82) is 0 Å². The van der Waals surface area contributed by atoms with Crippen molar-refractivity contribution in [2.75, 3.05) is 13.1 Å². The third-order valence-electron chi connectivity index (χ3n) is 5.38. The standard InChI is InChI=1S/C21H42N2O4/c1-4-6-8-9-10-12-14-22-15-17-20(25)21(26)19(16(3)27-17)23-18(24)13-11-7-5-2/h16-17,19-22,25-26H,4-15H2,1-3H3,(H,23,24)/t16-,17?,19?,20+,21+/m0/s1. The summed E-state index contributed by atoms with van der Waals surface area (Å²) in [5.41, 5.74) is 0. The zero-order valence-corrected chi connectivity index (χ0v) is 17.6. The summed E-state index contributed by atoms with van der Waals surface area (Å²) in [6.07, 6.45) is 8.03. The number of nitrogens with one attached hydrogen (secondary N) is 2. The first-order chi connectivity index (χ1) is 13.0. The van der Waals surface area contributed by atoms with Gasteiger partial charge in [0.15, 0.2) is 0 Å². The van der Waals surface area contributed by atoms with Crippen LogP contribution in [-0.2, 0) is 9.53 Å². The van der Waals surface area contributed by atoms with Crippen molar-refractivity contribution in [3.8, 4) is 0 Å². The molecule has 1 heterocycles. The van der Waals surface area contributed by atoms with E-state index in [9.17, 15) is 15.0 Å². The minimum Gasteiger partial charge on any atom is -0.388 e. The highest BCUT2D eigenvalue weighted by molar-refractivity contribution is 5.76. The number of amides is 1. The molecule has 0 saturated carbocycles. The summed E-state index contributed by atoms with van der Waals surface area (Å²) in [5.74, 6) is -0.0881. The molecule has 1 rings (SSSR count). The molecular formula is C21H42N2O4. The van der Waals surface area contributed by atoms with Crippen LogP contribution in [-0.4, -0.2) is 59.7 Å². The van der Waals surface area contributed by atoms with E-state index in [0.717, 1.165) is 32.2 Å². The molecule has 4 N–H and O–H groups in total. The van der Waals surface area contributed by atoms with Crippen LogP contribution < -0.4 is 10.6 Å². The quantitative estimate of drug-likeness (QED) is 0.344. The maximum Gasteiger partial charge on any atom is 0.220 e. The van der Waals surface area contributed by atoms with Gasteiger partial charge in [-0.05, 0) is 26.3 Å². The first kappa shape index (κ1) is 24.3.